The van der Waals surface area contributed by atoms with Gasteiger partial charge in [0, 0.05) is 17.3 Å². The number of nitrogens with one attached hydrogen (secondary N) is 1. The van der Waals surface area contributed by atoms with Crippen molar-refractivity contribution in [3.8, 4) is 33.9 Å². The fraction of sp³-hybridized carbons (Fsp3) is 0.190. The molecule has 0 amide bonds. The normalized spacial score (nSPS) is 10.4. The van der Waals surface area contributed by atoms with Gasteiger partial charge in [0.2, 0.25) is 0 Å². The van der Waals surface area contributed by atoms with Crippen LogP contribution >= 0.6 is 0 Å². The standard InChI is InChI=1S/C21H21N3O3/c1-26-17-7-3-15(4-8-17)19-13-23-20(14-22-11-12-25)24-21(19)16-5-9-18(27-2)10-6-16/h3-10,12-13,22H,11,14H2,1-2H3. The smallest absolute Gasteiger partial charge is 0.142 e. The predicted octanol–water partition coefficient (Wildman–Crippen LogP) is 3.12. The maximum Gasteiger partial charge on any atom is 0.142 e. The van der Waals surface area contributed by atoms with Gasteiger partial charge in [-0.2, -0.15) is 0 Å². The number of aldehydes is 1. The maximum atomic E-state index is 10.5. The third-order valence-corrected chi connectivity index (χ3v) is 4.11. The summed E-state index contributed by atoms with van der Waals surface area (Å²) in [7, 11) is 3.28. The van der Waals surface area contributed by atoms with Crippen molar-refractivity contribution in [2.24, 2.45) is 0 Å². The second-order valence-electron chi connectivity index (χ2n) is 5.80. The van der Waals surface area contributed by atoms with Gasteiger partial charge in [0.05, 0.1) is 33.0 Å². The van der Waals surface area contributed by atoms with Gasteiger partial charge in [-0.3, -0.25) is 0 Å². The van der Waals surface area contributed by atoms with Crippen molar-refractivity contribution in [1.82, 2.24) is 15.3 Å². The van der Waals surface area contributed by atoms with Crippen molar-refractivity contribution in [2.75, 3.05) is 20.8 Å². The van der Waals surface area contributed by atoms with Gasteiger partial charge >= 0.3 is 0 Å². The summed E-state index contributed by atoms with van der Waals surface area (Å²) in [6.45, 7) is 0.687. The molecule has 0 spiro atoms. The molecular weight excluding hydrogens is 342 g/mol. The lowest BCUT2D eigenvalue weighted by Crippen LogP contribution is -2.17. The molecule has 0 saturated carbocycles. The van der Waals surface area contributed by atoms with Crippen LogP contribution < -0.4 is 14.8 Å². The number of carbonyl (C=O) groups is 1. The number of hydrogen-bond donors (Lipinski definition) is 1. The van der Waals surface area contributed by atoms with E-state index in [9.17, 15) is 4.79 Å². The van der Waals surface area contributed by atoms with Crippen LogP contribution in [0.4, 0.5) is 0 Å². The van der Waals surface area contributed by atoms with E-state index in [1.54, 1.807) is 14.2 Å². The van der Waals surface area contributed by atoms with Crippen molar-refractivity contribution in [2.45, 2.75) is 6.54 Å². The Kier molecular flexibility index (Phi) is 6.12. The van der Waals surface area contributed by atoms with Crippen LogP contribution in [0.15, 0.2) is 54.7 Å². The molecule has 3 aromatic rings. The van der Waals surface area contributed by atoms with E-state index in [1.165, 1.54) is 0 Å². The lowest BCUT2D eigenvalue weighted by molar-refractivity contribution is -0.107. The number of nitrogens with zero attached hydrogens (tertiary/aromatic N) is 2. The Hall–Kier alpha value is -3.25. The van der Waals surface area contributed by atoms with Gasteiger partial charge in [0.15, 0.2) is 0 Å². The van der Waals surface area contributed by atoms with Crippen LogP contribution in [-0.2, 0) is 11.3 Å². The van der Waals surface area contributed by atoms with Gasteiger partial charge in [-0.15, -0.1) is 0 Å². The number of methoxy groups -OCH3 is 2. The molecule has 0 fully saturated rings. The second kappa shape index (κ2) is 8.91. The van der Waals surface area contributed by atoms with Crippen molar-refractivity contribution >= 4 is 6.29 Å². The van der Waals surface area contributed by atoms with E-state index in [0.717, 1.165) is 40.2 Å². The molecule has 1 N–H and O–H groups in total. The van der Waals surface area contributed by atoms with Gasteiger partial charge in [0.25, 0.3) is 0 Å². The Labute approximate surface area is 158 Å². The minimum absolute atomic E-state index is 0.265. The molecule has 138 valence electrons. The molecular formula is C21H21N3O3. The van der Waals surface area contributed by atoms with Crippen molar-refractivity contribution in [3.63, 3.8) is 0 Å². The Morgan fingerprint density at radius 3 is 2.07 bits per heavy atom. The van der Waals surface area contributed by atoms with Gasteiger partial charge in [-0.1, -0.05) is 12.1 Å². The van der Waals surface area contributed by atoms with Crippen LogP contribution in [0.25, 0.3) is 22.4 Å². The average Bonchev–Trinajstić information content (AvgIpc) is 2.74. The van der Waals surface area contributed by atoms with Gasteiger partial charge in [-0.05, 0) is 42.0 Å². The van der Waals surface area contributed by atoms with Crippen molar-refractivity contribution < 1.29 is 14.3 Å². The van der Waals surface area contributed by atoms with E-state index < -0.39 is 0 Å². The first kappa shape index (κ1) is 18.5. The minimum Gasteiger partial charge on any atom is -0.497 e. The fourth-order valence-corrected chi connectivity index (χ4v) is 2.70. The van der Waals surface area contributed by atoms with Crippen LogP contribution in [0.2, 0.25) is 0 Å². The zero-order valence-electron chi connectivity index (χ0n) is 15.3. The number of ether oxygens (including phenoxy) is 2. The molecule has 1 aromatic heterocycles. The third-order valence-electron chi connectivity index (χ3n) is 4.11. The summed E-state index contributed by atoms with van der Waals surface area (Å²) >= 11 is 0. The molecule has 0 unspecified atom stereocenters. The summed E-state index contributed by atoms with van der Waals surface area (Å²) in [6, 6.07) is 15.5. The molecule has 1 heterocycles. The molecule has 0 aliphatic heterocycles. The molecule has 0 aliphatic carbocycles. The molecule has 2 aromatic carbocycles. The molecule has 0 bridgehead atoms. The Bertz CT molecular complexity index is 894. The lowest BCUT2D eigenvalue weighted by Gasteiger charge is -2.12. The maximum absolute atomic E-state index is 10.5. The van der Waals surface area contributed by atoms with Crippen LogP contribution in [0.1, 0.15) is 5.82 Å². The zero-order chi connectivity index (χ0) is 19.1. The SMILES string of the molecule is COc1ccc(-c2cnc(CNCC=O)nc2-c2ccc(OC)cc2)cc1. The van der Waals surface area contributed by atoms with Crippen molar-refractivity contribution in [3.05, 3.63) is 60.6 Å². The molecule has 6 heteroatoms. The molecule has 0 atom stereocenters. The molecule has 3 rings (SSSR count). The highest BCUT2D eigenvalue weighted by atomic mass is 16.5. The first-order valence-electron chi connectivity index (χ1n) is 8.54. The number of benzene rings is 2. The number of carbonyl (C=O) groups excluding carboxylic acids is 1. The summed E-state index contributed by atoms with van der Waals surface area (Å²) in [5.74, 6) is 2.20. The first-order valence-corrected chi connectivity index (χ1v) is 8.54. The topological polar surface area (TPSA) is 73.3 Å². The van der Waals surface area contributed by atoms with Crippen LogP contribution in [0.5, 0.6) is 11.5 Å². The molecule has 0 aliphatic rings. The van der Waals surface area contributed by atoms with Crippen LogP contribution in [-0.4, -0.2) is 37.0 Å². The average molecular weight is 363 g/mol. The quantitative estimate of drug-likeness (QED) is 0.490. The monoisotopic (exact) mass is 363 g/mol. The van der Waals surface area contributed by atoms with E-state index in [1.807, 2.05) is 54.7 Å². The fourth-order valence-electron chi connectivity index (χ4n) is 2.70. The van der Waals surface area contributed by atoms with E-state index in [4.69, 9.17) is 14.5 Å². The Balaban J connectivity index is 2.03. The van der Waals surface area contributed by atoms with Crippen LogP contribution in [0.3, 0.4) is 0 Å². The van der Waals surface area contributed by atoms with Crippen molar-refractivity contribution in [1.29, 1.82) is 0 Å². The highest BCUT2D eigenvalue weighted by Crippen LogP contribution is 2.32. The molecule has 0 saturated heterocycles. The second-order valence-corrected chi connectivity index (χ2v) is 5.80. The van der Waals surface area contributed by atoms with Crippen LogP contribution in [0, 0.1) is 0 Å². The minimum atomic E-state index is 0.265. The summed E-state index contributed by atoms with van der Waals surface area (Å²) in [5, 5.41) is 2.99. The highest BCUT2D eigenvalue weighted by molar-refractivity contribution is 5.80. The summed E-state index contributed by atoms with van der Waals surface area (Å²) in [6.07, 6.45) is 2.63. The summed E-state index contributed by atoms with van der Waals surface area (Å²) in [4.78, 5) is 19.7. The highest BCUT2D eigenvalue weighted by Gasteiger charge is 2.12. The van der Waals surface area contributed by atoms with E-state index >= 15 is 0 Å². The Morgan fingerprint density at radius 1 is 0.926 bits per heavy atom. The van der Waals surface area contributed by atoms with E-state index in [-0.39, 0.29) is 6.54 Å². The first-order chi connectivity index (χ1) is 13.2. The Morgan fingerprint density at radius 2 is 1.52 bits per heavy atom. The lowest BCUT2D eigenvalue weighted by atomic mass is 10.0. The molecule has 27 heavy (non-hydrogen) atoms. The largest absolute Gasteiger partial charge is 0.497 e. The van der Waals surface area contributed by atoms with E-state index in [2.05, 4.69) is 10.3 Å². The van der Waals surface area contributed by atoms with Gasteiger partial charge < -0.3 is 19.6 Å². The number of rotatable bonds is 8. The van der Waals surface area contributed by atoms with Gasteiger partial charge in [0.1, 0.15) is 23.6 Å². The van der Waals surface area contributed by atoms with Gasteiger partial charge in [-0.25, -0.2) is 9.97 Å². The predicted molar refractivity (Wildman–Crippen MR) is 104 cm³/mol. The number of hydrogen-bond acceptors (Lipinski definition) is 6. The molecule has 0 radical (unpaired) electrons. The summed E-state index contributed by atoms with van der Waals surface area (Å²) < 4.78 is 10.5. The summed E-state index contributed by atoms with van der Waals surface area (Å²) in [5.41, 5.74) is 3.69. The third kappa shape index (κ3) is 4.48. The van der Waals surface area contributed by atoms with E-state index in [0.29, 0.717) is 12.4 Å². The zero-order valence-corrected chi connectivity index (χ0v) is 15.3. The molecule has 6 nitrogen and oxygen atoms in total. The number of aromatic nitrogens is 2.